The number of nitrogens with one attached hydrogen (secondary N) is 1. The molecule has 0 atom stereocenters. The second-order valence-corrected chi connectivity index (χ2v) is 3.62. The van der Waals surface area contributed by atoms with E-state index < -0.39 is 5.91 Å². The van der Waals surface area contributed by atoms with Crippen LogP contribution in [0.4, 0.5) is 0 Å². The molecule has 1 aromatic rings. The molecule has 1 rings (SSSR count). The molecule has 0 aromatic heterocycles. The fourth-order valence-electron chi connectivity index (χ4n) is 0.835. The van der Waals surface area contributed by atoms with E-state index in [1.54, 1.807) is 0 Å². The third kappa shape index (κ3) is 23.4. The molecule has 1 aromatic carbocycles. The number of primary amides is 1. The predicted molar refractivity (Wildman–Crippen MR) is 74.5 cm³/mol. The van der Waals surface area contributed by atoms with Gasteiger partial charge in [0.2, 0.25) is 5.91 Å². The Morgan fingerprint density at radius 3 is 2.16 bits per heavy atom. The van der Waals surface area contributed by atoms with Crippen LogP contribution in [0.15, 0.2) is 24.3 Å². The molecule has 0 radical (unpaired) electrons. The maximum absolute atomic E-state index is 9.74. The quantitative estimate of drug-likeness (QED) is 0.534. The Morgan fingerprint density at radius 2 is 1.95 bits per heavy atom. The monoisotopic (exact) mass is 335 g/mol. The Balaban J connectivity index is -0.000000216. The van der Waals surface area contributed by atoms with Crippen molar-refractivity contribution in [3.63, 3.8) is 0 Å². The minimum atomic E-state index is -0.566. The van der Waals surface area contributed by atoms with Gasteiger partial charge in [0.05, 0.1) is 6.54 Å². The molecule has 5 heteroatoms. The molecule has 2 amide bonds. The fraction of sp³-hybridized carbons (Fsp3) is 0.357. The average molecular weight is 336 g/mol. The summed E-state index contributed by atoms with van der Waals surface area (Å²) in [4.78, 5) is 19.0. The zero-order valence-electron chi connectivity index (χ0n) is 12.3. The van der Waals surface area contributed by atoms with Gasteiger partial charge in [0.15, 0.2) is 0 Å². The largest absolute Gasteiger partial charge is 1.00 e. The van der Waals surface area contributed by atoms with Crippen molar-refractivity contribution in [2.24, 2.45) is 5.73 Å². The van der Waals surface area contributed by atoms with Crippen LogP contribution in [-0.2, 0) is 9.59 Å². The first-order valence-electron chi connectivity index (χ1n) is 5.74. The Kier molecular flexibility index (Phi) is 22.4. The molecule has 0 unspecified atom stereocenters. The normalized spacial score (nSPS) is 7.53. The summed E-state index contributed by atoms with van der Waals surface area (Å²) >= 11 is 0. The van der Waals surface area contributed by atoms with E-state index in [0.717, 1.165) is 5.56 Å². The second kappa shape index (κ2) is 17.8. The Labute approximate surface area is 165 Å². The second-order valence-electron chi connectivity index (χ2n) is 3.62. The van der Waals surface area contributed by atoms with E-state index in [1.165, 1.54) is 18.4 Å². The van der Waals surface area contributed by atoms with Gasteiger partial charge in [0.25, 0.3) is 0 Å². The fourth-order valence-corrected chi connectivity index (χ4v) is 0.835. The number of hydrogen-bond acceptors (Lipinski definition) is 2. The van der Waals surface area contributed by atoms with Crippen LogP contribution < -0.4 is 69.2 Å². The van der Waals surface area contributed by atoms with Gasteiger partial charge in [-0.1, -0.05) is 33.3 Å². The zero-order chi connectivity index (χ0) is 14.4. The molecule has 19 heavy (non-hydrogen) atoms. The van der Waals surface area contributed by atoms with Gasteiger partial charge in [-0.15, -0.1) is 11.6 Å². The number of hydrogen-bond donors (Lipinski definition) is 2. The van der Waals surface area contributed by atoms with Crippen LogP contribution in [0.2, 0.25) is 0 Å². The first kappa shape index (κ1) is 23.9. The third-order valence-corrected chi connectivity index (χ3v) is 1.42. The number of benzene rings is 1. The van der Waals surface area contributed by atoms with Crippen LogP contribution >= 0.6 is 0 Å². The molecule has 0 aliphatic heterocycles. The summed E-state index contributed by atoms with van der Waals surface area (Å²) in [6.07, 6.45) is 2.55. The maximum atomic E-state index is 9.74. The van der Waals surface area contributed by atoms with Crippen LogP contribution in [0.5, 0.6) is 0 Å². The Bertz CT molecular complexity index is 327. The number of aryl methyl sites for hydroxylation is 1. The van der Waals surface area contributed by atoms with E-state index in [4.69, 9.17) is 0 Å². The van der Waals surface area contributed by atoms with Crippen molar-refractivity contribution in [3.8, 4) is 0 Å². The smallest absolute Gasteiger partial charge is 0.522 e. The molecule has 3 N–H and O–H groups in total. The first-order chi connectivity index (χ1) is 8.47. The van der Waals surface area contributed by atoms with Crippen molar-refractivity contribution in [2.45, 2.75) is 27.2 Å². The molecule has 0 bridgehead atoms. The maximum Gasteiger partial charge on any atom is 1.00 e. The average Bonchev–Trinajstić information content (AvgIpc) is 2.28. The van der Waals surface area contributed by atoms with E-state index in [2.05, 4.69) is 45.6 Å². The molecule has 4 nitrogen and oxygen atoms in total. The summed E-state index contributed by atoms with van der Waals surface area (Å²) < 4.78 is 0. The van der Waals surface area contributed by atoms with Crippen LogP contribution in [0.25, 0.3) is 0 Å². The van der Waals surface area contributed by atoms with Crippen LogP contribution in [0.1, 0.15) is 31.4 Å². The van der Waals surface area contributed by atoms with Crippen molar-refractivity contribution >= 4 is 12.3 Å². The summed E-state index contributed by atoms with van der Waals surface area (Å²) in [5, 5.41) is 1.97. The van der Waals surface area contributed by atoms with Crippen molar-refractivity contribution in [1.82, 2.24) is 5.32 Å². The molecular weight excluding hydrogens is 314 g/mol. The van der Waals surface area contributed by atoms with Gasteiger partial charge in [0.1, 0.15) is 0 Å². The summed E-state index contributed by atoms with van der Waals surface area (Å²) in [5.41, 5.74) is 6.96. The van der Waals surface area contributed by atoms with Gasteiger partial charge >= 0.3 is 58.2 Å². The van der Waals surface area contributed by atoms with Crippen molar-refractivity contribution in [2.75, 3.05) is 6.54 Å². The topological polar surface area (TPSA) is 72.2 Å². The van der Waals surface area contributed by atoms with Crippen molar-refractivity contribution < 1.29 is 67.8 Å². The molecule has 0 heterocycles. The summed E-state index contributed by atoms with van der Waals surface area (Å²) in [7, 11) is 0. The SMILES string of the molecule is CCC.NC(=O)CN[C-]=O.[CH2-]c1cccc(C)c1.[Rb+]. The summed E-state index contributed by atoms with van der Waals surface area (Å²) in [6.45, 7) is 9.96. The van der Waals surface area contributed by atoms with Crippen LogP contribution in [0, 0.1) is 13.8 Å². The first-order valence-corrected chi connectivity index (χ1v) is 5.74. The van der Waals surface area contributed by atoms with Crippen LogP contribution in [0.3, 0.4) is 0 Å². The van der Waals surface area contributed by atoms with E-state index in [0.29, 0.717) is 0 Å². The van der Waals surface area contributed by atoms with E-state index in [1.807, 2.05) is 17.4 Å². The molecule has 0 fully saturated rings. The van der Waals surface area contributed by atoms with E-state index in [9.17, 15) is 9.59 Å². The molecule has 0 spiro atoms. The zero-order valence-corrected chi connectivity index (χ0v) is 17.2. The van der Waals surface area contributed by atoms with Gasteiger partial charge < -0.3 is 15.8 Å². The van der Waals surface area contributed by atoms with Gasteiger partial charge in [-0.05, 0) is 0 Å². The minimum Gasteiger partial charge on any atom is -0.522 e. The number of carbonyl (C=O) groups is 1. The van der Waals surface area contributed by atoms with Gasteiger partial charge in [0, 0.05) is 0 Å². The predicted octanol–water partition coefficient (Wildman–Crippen LogP) is -1.27. The van der Waals surface area contributed by atoms with Gasteiger partial charge in [-0.3, -0.25) is 4.79 Å². The summed E-state index contributed by atoms with van der Waals surface area (Å²) in [6, 6.07) is 8.12. The standard InChI is InChI=1S/C8H9.C3H5N2O2.C3H8.Rb/c1-7-4-3-5-8(2)6-7;4-3(7)1-5-2-6;1-3-2;/h3-6H,1H2,2H3;1H2,(H2,4,7)(H,5,6);3H2,1-2H3;/q2*-1;;+1. The molecule has 0 saturated carbocycles. The molecule has 0 aliphatic rings. The van der Waals surface area contributed by atoms with E-state index in [-0.39, 0.29) is 64.7 Å². The van der Waals surface area contributed by atoms with Gasteiger partial charge in [-0.25, -0.2) is 0 Å². The van der Waals surface area contributed by atoms with Gasteiger partial charge in [-0.2, -0.15) is 31.0 Å². The number of carbonyl (C=O) groups excluding carboxylic acids is 2. The Hall–Kier alpha value is -0.165. The minimum absolute atomic E-state index is 0. The molecule has 102 valence electrons. The van der Waals surface area contributed by atoms with Crippen LogP contribution in [-0.4, -0.2) is 18.9 Å². The van der Waals surface area contributed by atoms with E-state index >= 15 is 0 Å². The summed E-state index contributed by atoms with van der Waals surface area (Å²) in [5.74, 6) is -0.566. The third-order valence-electron chi connectivity index (χ3n) is 1.42. The van der Waals surface area contributed by atoms with Crippen molar-refractivity contribution in [1.29, 1.82) is 0 Å². The molecule has 0 saturated heterocycles. The number of rotatable bonds is 3. The molecular formula is C14H22N2O2Rb-. The Morgan fingerprint density at radius 1 is 1.42 bits per heavy atom. The molecule has 0 aliphatic carbocycles. The number of nitrogens with two attached hydrogens (primary N) is 1. The number of amides is 2. The van der Waals surface area contributed by atoms with Crippen molar-refractivity contribution in [3.05, 3.63) is 42.3 Å².